The lowest BCUT2D eigenvalue weighted by Crippen LogP contribution is -2.12. The molecular weight excluding hydrogens is 348 g/mol. The predicted molar refractivity (Wildman–Crippen MR) is 97.3 cm³/mol. The van der Waals surface area contributed by atoms with Gasteiger partial charge in [-0.3, -0.25) is 14.9 Å². The van der Waals surface area contributed by atoms with Gasteiger partial charge < -0.3 is 5.32 Å². The zero-order chi connectivity index (χ0) is 19.0. The summed E-state index contributed by atoms with van der Waals surface area (Å²) in [6.07, 6.45) is 2.16. The zero-order valence-electron chi connectivity index (χ0n) is 14.5. The molecule has 1 fully saturated rings. The van der Waals surface area contributed by atoms with Crippen LogP contribution in [-0.2, 0) is 0 Å². The van der Waals surface area contributed by atoms with Crippen molar-refractivity contribution in [1.82, 2.24) is 20.2 Å². The first-order chi connectivity index (χ1) is 13.0. The lowest BCUT2D eigenvalue weighted by Gasteiger charge is -2.07. The molecule has 0 saturated heterocycles. The van der Waals surface area contributed by atoms with Crippen LogP contribution in [0.5, 0.6) is 0 Å². The van der Waals surface area contributed by atoms with Gasteiger partial charge in [0.15, 0.2) is 5.82 Å². The largest absolute Gasteiger partial charge is 0.322 e. The second-order valence-electron chi connectivity index (χ2n) is 6.47. The van der Waals surface area contributed by atoms with Crippen LogP contribution < -0.4 is 5.32 Å². The van der Waals surface area contributed by atoms with Gasteiger partial charge in [0.1, 0.15) is 0 Å². The van der Waals surface area contributed by atoms with Crippen LogP contribution in [-0.4, -0.2) is 31.0 Å². The number of aryl methyl sites for hydroxylation is 1. The first kappa shape index (κ1) is 16.8. The fourth-order valence-electron chi connectivity index (χ4n) is 2.80. The molecule has 0 radical (unpaired) electrons. The lowest BCUT2D eigenvalue weighted by atomic mass is 10.1. The Morgan fingerprint density at radius 3 is 2.63 bits per heavy atom. The number of hydrogen-bond donors (Lipinski definition) is 1. The molecule has 1 saturated carbocycles. The smallest absolute Gasteiger partial charge is 0.273 e. The number of rotatable bonds is 5. The van der Waals surface area contributed by atoms with Gasteiger partial charge in [0, 0.05) is 28.4 Å². The van der Waals surface area contributed by atoms with Gasteiger partial charge in [0.25, 0.3) is 11.6 Å². The van der Waals surface area contributed by atoms with E-state index < -0.39 is 10.8 Å². The van der Waals surface area contributed by atoms with Crippen LogP contribution in [0.25, 0.3) is 11.4 Å². The Kier molecular flexibility index (Phi) is 4.11. The molecule has 27 heavy (non-hydrogen) atoms. The maximum Gasteiger partial charge on any atom is 0.273 e. The van der Waals surface area contributed by atoms with Gasteiger partial charge in [0.05, 0.1) is 11.0 Å². The molecule has 0 atom stereocenters. The van der Waals surface area contributed by atoms with Crippen LogP contribution in [0.1, 0.15) is 34.8 Å². The standard InChI is InChI=1S/C18H16N6O3/c1-11-2-3-13(10-16(11)24(26)27)18(25)19-14-6-4-12(5-7-14)17-20-21-22-23(17)15-8-9-15/h2-7,10,15H,8-9H2,1H3,(H,19,25). The van der Waals surface area contributed by atoms with Gasteiger partial charge in [-0.2, -0.15) is 0 Å². The van der Waals surface area contributed by atoms with E-state index in [-0.39, 0.29) is 11.3 Å². The van der Waals surface area contributed by atoms with Crippen molar-refractivity contribution in [3.05, 3.63) is 63.7 Å². The van der Waals surface area contributed by atoms with E-state index in [0.717, 1.165) is 18.4 Å². The Hall–Kier alpha value is -3.62. The second kappa shape index (κ2) is 6.60. The molecule has 0 unspecified atom stereocenters. The van der Waals surface area contributed by atoms with E-state index in [2.05, 4.69) is 20.8 Å². The monoisotopic (exact) mass is 364 g/mol. The van der Waals surface area contributed by atoms with Crippen molar-refractivity contribution in [1.29, 1.82) is 0 Å². The molecule has 3 aromatic rings. The minimum atomic E-state index is -0.495. The Balaban J connectivity index is 1.51. The Labute approximate surface area is 154 Å². The molecule has 1 amide bonds. The van der Waals surface area contributed by atoms with Gasteiger partial charge in [-0.15, -0.1) is 5.10 Å². The molecular formula is C18H16N6O3. The molecule has 1 heterocycles. The summed E-state index contributed by atoms with van der Waals surface area (Å²) in [5, 5.41) is 25.6. The van der Waals surface area contributed by atoms with Crippen molar-refractivity contribution in [2.24, 2.45) is 0 Å². The highest BCUT2D eigenvalue weighted by molar-refractivity contribution is 6.04. The maximum atomic E-state index is 12.4. The number of carbonyl (C=O) groups is 1. The number of amides is 1. The van der Waals surface area contributed by atoms with E-state index >= 15 is 0 Å². The van der Waals surface area contributed by atoms with E-state index in [0.29, 0.717) is 23.1 Å². The quantitative estimate of drug-likeness (QED) is 0.549. The fraction of sp³-hybridized carbons (Fsp3) is 0.222. The molecule has 1 aliphatic rings. The molecule has 4 rings (SSSR count). The maximum absolute atomic E-state index is 12.4. The summed E-state index contributed by atoms with van der Waals surface area (Å²) in [5.41, 5.74) is 2.10. The van der Waals surface area contributed by atoms with Crippen LogP contribution >= 0.6 is 0 Å². The third kappa shape index (κ3) is 3.39. The van der Waals surface area contributed by atoms with E-state index in [1.54, 1.807) is 31.2 Å². The summed E-state index contributed by atoms with van der Waals surface area (Å²) in [7, 11) is 0. The van der Waals surface area contributed by atoms with Gasteiger partial charge in [-0.25, -0.2) is 4.68 Å². The van der Waals surface area contributed by atoms with Gasteiger partial charge in [-0.1, -0.05) is 6.07 Å². The number of carbonyl (C=O) groups excluding carboxylic acids is 1. The molecule has 0 bridgehead atoms. The highest BCUT2D eigenvalue weighted by Crippen LogP contribution is 2.36. The Morgan fingerprint density at radius 2 is 1.96 bits per heavy atom. The zero-order valence-corrected chi connectivity index (χ0v) is 14.5. The third-order valence-corrected chi connectivity index (χ3v) is 4.45. The first-order valence-corrected chi connectivity index (χ1v) is 8.47. The van der Waals surface area contributed by atoms with Crippen molar-refractivity contribution in [2.75, 3.05) is 5.32 Å². The molecule has 0 spiro atoms. The van der Waals surface area contributed by atoms with E-state index in [1.165, 1.54) is 6.07 Å². The topological polar surface area (TPSA) is 116 Å². The summed E-state index contributed by atoms with van der Waals surface area (Å²) >= 11 is 0. The van der Waals surface area contributed by atoms with Crippen LogP contribution in [0.4, 0.5) is 11.4 Å². The summed E-state index contributed by atoms with van der Waals surface area (Å²) in [6.45, 7) is 1.63. The minimum absolute atomic E-state index is 0.0788. The molecule has 1 aromatic heterocycles. The fourth-order valence-corrected chi connectivity index (χ4v) is 2.80. The highest BCUT2D eigenvalue weighted by atomic mass is 16.6. The van der Waals surface area contributed by atoms with Crippen molar-refractivity contribution in [3.63, 3.8) is 0 Å². The number of nitrogens with zero attached hydrogens (tertiary/aromatic N) is 5. The van der Waals surface area contributed by atoms with Gasteiger partial charge in [-0.05, 0) is 60.5 Å². The average Bonchev–Trinajstić information content (AvgIpc) is 3.39. The number of tetrazole rings is 1. The number of benzene rings is 2. The third-order valence-electron chi connectivity index (χ3n) is 4.45. The minimum Gasteiger partial charge on any atom is -0.322 e. The van der Waals surface area contributed by atoms with Crippen LogP contribution in [0, 0.1) is 17.0 Å². The Morgan fingerprint density at radius 1 is 1.22 bits per heavy atom. The van der Waals surface area contributed by atoms with Crippen molar-refractivity contribution in [2.45, 2.75) is 25.8 Å². The molecule has 2 aromatic carbocycles. The van der Waals surface area contributed by atoms with Crippen molar-refractivity contribution < 1.29 is 9.72 Å². The van der Waals surface area contributed by atoms with Crippen LogP contribution in [0.15, 0.2) is 42.5 Å². The van der Waals surface area contributed by atoms with Crippen LogP contribution in [0.3, 0.4) is 0 Å². The van der Waals surface area contributed by atoms with Crippen molar-refractivity contribution in [3.8, 4) is 11.4 Å². The first-order valence-electron chi connectivity index (χ1n) is 8.47. The van der Waals surface area contributed by atoms with Crippen LogP contribution in [0.2, 0.25) is 0 Å². The molecule has 1 aliphatic carbocycles. The summed E-state index contributed by atoms with van der Waals surface area (Å²) in [4.78, 5) is 22.9. The molecule has 136 valence electrons. The average molecular weight is 364 g/mol. The number of aromatic nitrogens is 4. The number of hydrogen-bond acceptors (Lipinski definition) is 6. The van der Waals surface area contributed by atoms with E-state index in [4.69, 9.17) is 0 Å². The number of nitro groups is 1. The van der Waals surface area contributed by atoms with Gasteiger partial charge in [0.2, 0.25) is 0 Å². The van der Waals surface area contributed by atoms with E-state index in [9.17, 15) is 14.9 Å². The SMILES string of the molecule is Cc1ccc(C(=O)Nc2ccc(-c3nnnn3C3CC3)cc2)cc1[N+](=O)[O-]. The number of nitro benzene ring substituents is 1. The normalized spacial score (nSPS) is 13.4. The lowest BCUT2D eigenvalue weighted by molar-refractivity contribution is -0.385. The summed E-state index contributed by atoms with van der Waals surface area (Å²) in [5.74, 6) is 0.290. The molecule has 0 aliphatic heterocycles. The number of nitrogens with one attached hydrogen (secondary N) is 1. The van der Waals surface area contributed by atoms with Crippen molar-refractivity contribution >= 4 is 17.3 Å². The highest BCUT2D eigenvalue weighted by Gasteiger charge is 2.28. The van der Waals surface area contributed by atoms with Gasteiger partial charge >= 0.3 is 0 Å². The van der Waals surface area contributed by atoms with E-state index in [1.807, 2.05) is 16.8 Å². The summed E-state index contributed by atoms with van der Waals surface area (Å²) < 4.78 is 1.82. The Bertz CT molecular complexity index is 1020. The number of anilines is 1. The molecule has 9 heteroatoms. The second-order valence-corrected chi connectivity index (χ2v) is 6.47. The molecule has 9 nitrogen and oxygen atoms in total. The summed E-state index contributed by atoms with van der Waals surface area (Å²) in [6, 6.07) is 11.9. The predicted octanol–water partition coefficient (Wildman–Crippen LogP) is 3.14. The molecule has 1 N–H and O–H groups in total.